The minimum absolute atomic E-state index is 0.157. The third-order valence-electron chi connectivity index (χ3n) is 3.65. The number of amides is 1. The van der Waals surface area contributed by atoms with Crippen LogP contribution < -0.4 is 14.8 Å². The van der Waals surface area contributed by atoms with Crippen molar-refractivity contribution < 1.29 is 22.3 Å². The van der Waals surface area contributed by atoms with Crippen molar-refractivity contribution in [2.75, 3.05) is 18.7 Å². The van der Waals surface area contributed by atoms with Crippen molar-refractivity contribution in [1.29, 1.82) is 0 Å². The van der Waals surface area contributed by atoms with Gasteiger partial charge in [0, 0.05) is 6.42 Å². The van der Waals surface area contributed by atoms with Gasteiger partial charge in [-0.3, -0.25) is 4.79 Å². The fourth-order valence-electron chi connectivity index (χ4n) is 2.49. The molecule has 2 N–H and O–H groups in total. The quantitative estimate of drug-likeness (QED) is 0.774. The lowest BCUT2D eigenvalue weighted by Gasteiger charge is -2.18. The molecule has 0 spiro atoms. The van der Waals surface area contributed by atoms with Crippen molar-refractivity contribution in [3.05, 3.63) is 59.4 Å². The van der Waals surface area contributed by atoms with Crippen LogP contribution in [0.1, 0.15) is 23.6 Å². The van der Waals surface area contributed by atoms with Crippen LogP contribution in [0.2, 0.25) is 0 Å². The first-order chi connectivity index (χ1) is 12.2. The van der Waals surface area contributed by atoms with Crippen LogP contribution in [0.5, 0.6) is 5.75 Å². The van der Waals surface area contributed by atoms with Crippen molar-refractivity contribution in [2.45, 2.75) is 19.4 Å². The predicted molar refractivity (Wildman–Crippen MR) is 98.1 cm³/mol. The van der Waals surface area contributed by atoms with Crippen LogP contribution in [0.4, 0.5) is 10.1 Å². The molecule has 0 unspecified atom stereocenters. The van der Waals surface area contributed by atoms with Gasteiger partial charge < -0.3 is 10.1 Å². The maximum atomic E-state index is 13.1. The second kappa shape index (κ2) is 8.29. The van der Waals surface area contributed by atoms with Gasteiger partial charge in [-0.1, -0.05) is 18.2 Å². The zero-order valence-electron chi connectivity index (χ0n) is 14.7. The number of benzene rings is 2. The fourth-order valence-corrected chi connectivity index (χ4v) is 3.22. The van der Waals surface area contributed by atoms with Crippen LogP contribution in [0, 0.1) is 12.7 Å². The maximum Gasteiger partial charge on any atom is 0.226 e. The van der Waals surface area contributed by atoms with Crippen LogP contribution in [0.25, 0.3) is 0 Å². The van der Waals surface area contributed by atoms with Crippen LogP contribution in [0.3, 0.4) is 0 Å². The standard InChI is InChI=1S/C18H21FN2O4S/c1-12-4-9-17(25-2)16(10-12)20-18(22)11-15(21-26(3,23)24)13-5-7-14(19)8-6-13/h4-10,15,21H,11H2,1-3H3,(H,20,22)/t15-/m0/s1. The van der Waals surface area contributed by atoms with Gasteiger partial charge in [0.1, 0.15) is 11.6 Å². The summed E-state index contributed by atoms with van der Waals surface area (Å²) in [7, 11) is -2.08. The van der Waals surface area contributed by atoms with E-state index in [0.29, 0.717) is 17.0 Å². The van der Waals surface area contributed by atoms with E-state index >= 15 is 0 Å². The van der Waals surface area contributed by atoms with E-state index in [2.05, 4.69) is 10.0 Å². The summed E-state index contributed by atoms with van der Waals surface area (Å²) in [5.41, 5.74) is 1.92. The first kappa shape index (κ1) is 19.9. The summed E-state index contributed by atoms with van der Waals surface area (Å²) >= 11 is 0. The lowest BCUT2D eigenvalue weighted by atomic mass is 10.0. The van der Waals surface area contributed by atoms with Crippen molar-refractivity contribution in [2.24, 2.45) is 0 Å². The van der Waals surface area contributed by atoms with E-state index in [1.54, 1.807) is 12.1 Å². The van der Waals surface area contributed by atoms with E-state index in [4.69, 9.17) is 4.74 Å². The van der Waals surface area contributed by atoms with Gasteiger partial charge in [0.15, 0.2) is 0 Å². The van der Waals surface area contributed by atoms with Gasteiger partial charge in [-0.2, -0.15) is 0 Å². The number of ether oxygens (including phenoxy) is 1. The van der Waals surface area contributed by atoms with Crippen molar-refractivity contribution in [3.8, 4) is 5.75 Å². The first-order valence-electron chi connectivity index (χ1n) is 7.85. The Bertz CT molecular complexity index is 883. The number of carbonyl (C=O) groups is 1. The van der Waals surface area contributed by atoms with E-state index in [-0.39, 0.29) is 6.42 Å². The Morgan fingerprint density at radius 2 is 1.85 bits per heavy atom. The van der Waals surface area contributed by atoms with Crippen molar-refractivity contribution in [3.63, 3.8) is 0 Å². The number of hydrogen-bond donors (Lipinski definition) is 2. The second-order valence-electron chi connectivity index (χ2n) is 5.95. The van der Waals surface area contributed by atoms with E-state index in [1.165, 1.54) is 31.4 Å². The largest absolute Gasteiger partial charge is 0.495 e. The molecule has 0 aliphatic heterocycles. The normalized spacial score (nSPS) is 12.5. The Hall–Kier alpha value is -2.45. The highest BCUT2D eigenvalue weighted by Gasteiger charge is 2.20. The lowest BCUT2D eigenvalue weighted by molar-refractivity contribution is -0.116. The molecule has 0 aliphatic rings. The molecular formula is C18H21FN2O4S. The monoisotopic (exact) mass is 380 g/mol. The Morgan fingerprint density at radius 1 is 1.19 bits per heavy atom. The molecule has 2 aromatic rings. The molecule has 0 radical (unpaired) electrons. The smallest absolute Gasteiger partial charge is 0.226 e. The number of nitrogens with one attached hydrogen (secondary N) is 2. The highest BCUT2D eigenvalue weighted by Crippen LogP contribution is 2.26. The zero-order chi connectivity index (χ0) is 19.3. The van der Waals surface area contributed by atoms with Gasteiger partial charge in [-0.25, -0.2) is 17.5 Å². The summed E-state index contributed by atoms with van der Waals surface area (Å²) < 4.78 is 44.0. The minimum Gasteiger partial charge on any atom is -0.495 e. The van der Waals surface area contributed by atoms with Crippen LogP contribution in [-0.2, 0) is 14.8 Å². The van der Waals surface area contributed by atoms with E-state index < -0.39 is 27.8 Å². The van der Waals surface area contributed by atoms with Gasteiger partial charge in [0.05, 0.1) is 25.1 Å². The SMILES string of the molecule is COc1ccc(C)cc1NC(=O)C[C@H](NS(C)(=O)=O)c1ccc(F)cc1. The molecule has 26 heavy (non-hydrogen) atoms. The van der Waals surface area contributed by atoms with Crippen LogP contribution in [-0.4, -0.2) is 27.7 Å². The average Bonchev–Trinajstić information content (AvgIpc) is 2.54. The molecular weight excluding hydrogens is 359 g/mol. The molecule has 2 aromatic carbocycles. The summed E-state index contributed by atoms with van der Waals surface area (Å²) in [6.07, 6.45) is 0.848. The molecule has 6 nitrogen and oxygen atoms in total. The fraction of sp³-hybridized carbons (Fsp3) is 0.278. The number of halogens is 1. The number of methoxy groups -OCH3 is 1. The molecule has 8 heteroatoms. The number of aryl methyl sites for hydroxylation is 1. The van der Waals surface area contributed by atoms with Gasteiger partial charge in [-0.15, -0.1) is 0 Å². The van der Waals surface area contributed by atoms with Crippen LogP contribution in [0.15, 0.2) is 42.5 Å². The van der Waals surface area contributed by atoms with E-state index in [1.807, 2.05) is 13.0 Å². The Balaban J connectivity index is 2.21. The summed E-state index contributed by atoms with van der Waals surface area (Å²) in [6, 6.07) is 9.84. The number of anilines is 1. The highest BCUT2D eigenvalue weighted by molar-refractivity contribution is 7.88. The maximum absolute atomic E-state index is 13.1. The number of hydrogen-bond acceptors (Lipinski definition) is 4. The predicted octanol–water partition coefficient (Wildman–Crippen LogP) is 2.76. The van der Waals surface area contributed by atoms with Crippen molar-refractivity contribution in [1.82, 2.24) is 4.72 Å². The Labute approximate surface area is 152 Å². The molecule has 1 atom stereocenters. The summed E-state index contributed by atoms with van der Waals surface area (Å²) in [6.45, 7) is 1.88. The molecule has 0 heterocycles. The van der Waals surface area contributed by atoms with E-state index in [9.17, 15) is 17.6 Å². The summed E-state index contributed by atoms with van der Waals surface area (Å²) in [5.74, 6) is -0.349. The molecule has 0 aromatic heterocycles. The molecule has 140 valence electrons. The molecule has 0 saturated carbocycles. The molecule has 2 rings (SSSR count). The first-order valence-corrected chi connectivity index (χ1v) is 9.74. The van der Waals surface area contributed by atoms with E-state index in [0.717, 1.165) is 11.8 Å². The van der Waals surface area contributed by atoms with Gasteiger partial charge >= 0.3 is 0 Å². The van der Waals surface area contributed by atoms with Gasteiger partial charge in [0.2, 0.25) is 15.9 Å². The number of carbonyl (C=O) groups excluding carboxylic acids is 1. The molecule has 0 aliphatic carbocycles. The van der Waals surface area contributed by atoms with Crippen LogP contribution >= 0.6 is 0 Å². The Kier molecular flexibility index (Phi) is 6.33. The number of rotatable bonds is 7. The molecule has 1 amide bonds. The highest BCUT2D eigenvalue weighted by atomic mass is 32.2. The molecule has 0 fully saturated rings. The minimum atomic E-state index is -3.57. The van der Waals surface area contributed by atoms with Gasteiger partial charge in [-0.05, 0) is 42.3 Å². The third-order valence-corrected chi connectivity index (χ3v) is 4.36. The Morgan fingerprint density at radius 3 is 2.42 bits per heavy atom. The van der Waals surface area contributed by atoms with Gasteiger partial charge in [0.25, 0.3) is 0 Å². The third kappa shape index (κ3) is 5.82. The molecule has 0 bridgehead atoms. The summed E-state index contributed by atoms with van der Waals surface area (Å²) in [4.78, 5) is 12.5. The number of sulfonamides is 1. The second-order valence-corrected chi connectivity index (χ2v) is 7.73. The van der Waals surface area contributed by atoms with Crippen molar-refractivity contribution >= 4 is 21.6 Å². The summed E-state index contributed by atoms with van der Waals surface area (Å²) in [5, 5.41) is 2.73. The molecule has 0 saturated heterocycles. The zero-order valence-corrected chi connectivity index (χ0v) is 15.6. The average molecular weight is 380 g/mol. The lowest BCUT2D eigenvalue weighted by Crippen LogP contribution is -2.30. The topological polar surface area (TPSA) is 84.5 Å².